The van der Waals surface area contributed by atoms with Gasteiger partial charge in [0.15, 0.2) is 11.6 Å². The number of benzene rings is 2. The van der Waals surface area contributed by atoms with Crippen LogP contribution >= 0.6 is 0 Å². The quantitative estimate of drug-likeness (QED) is 0.407. The van der Waals surface area contributed by atoms with Gasteiger partial charge in [0.05, 0.1) is 11.1 Å². The molecule has 2 aliphatic heterocycles. The maximum Gasteiger partial charge on any atom is 0.256 e. The predicted octanol–water partition coefficient (Wildman–Crippen LogP) is 5.49. The van der Waals surface area contributed by atoms with Gasteiger partial charge >= 0.3 is 0 Å². The summed E-state index contributed by atoms with van der Waals surface area (Å²) in [5.41, 5.74) is 4.87. The third-order valence-corrected chi connectivity index (χ3v) is 7.66. The molecule has 0 bridgehead atoms. The van der Waals surface area contributed by atoms with Crippen molar-refractivity contribution in [2.75, 3.05) is 38.0 Å². The minimum Gasteiger partial charge on any atom is -0.358 e. The summed E-state index contributed by atoms with van der Waals surface area (Å²) in [7, 11) is 0. The van der Waals surface area contributed by atoms with Gasteiger partial charge in [-0.25, -0.2) is 8.78 Å². The van der Waals surface area contributed by atoms with Crippen LogP contribution in [0.5, 0.6) is 0 Å². The molecule has 0 saturated heterocycles. The highest BCUT2D eigenvalue weighted by molar-refractivity contribution is 6.36. The Morgan fingerprint density at radius 2 is 1.76 bits per heavy atom. The second-order valence-electron chi connectivity index (χ2n) is 9.78. The first-order valence-corrected chi connectivity index (χ1v) is 13.2. The summed E-state index contributed by atoms with van der Waals surface area (Å²) in [5, 5.41) is 2.84. The molecule has 0 fully saturated rings. The Morgan fingerprint density at radius 3 is 2.53 bits per heavy atom. The van der Waals surface area contributed by atoms with Gasteiger partial charge in [0.25, 0.3) is 11.8 Å². The van der Waals surface area contributed by atoms with Crippen molar-refractivity contribution in [3.8, 4) is 11.1 Å². The van der Waals surface area contributed by atoms with Crippen LogP contribution in [-0.4, -0.2) is 59.3 Å². The second kappa shape index (κ2) is 10.5. The lowest BCUT2D eigenvalue weighted by atomic mass is 9.93. The standard InChI is InChI=1S/C30H32F2N4O2/c1-4-35(5-2)15-16-36-14-8-13-23-26(30(36)38)18(3)25(33-23)17-21-27-19(9-7-12-24(27)34-29(21)37)20-10-6-11-22(31)28(20)32/h6-7,9-12,17,33H,4-5,8,13-16H2,1-3H3,(H,34,37)/b21-17-. The van der Waals surface area contributed by atoms with Gasteiger partial charge in [-0.05, 0) is 62.2 Å². The minimum absolute atomic E-state index is 0.00171. The van der Waals surface area contributed by atoms with E-state index in [0.29, 0.717) is 46.7 Å². The third kappa shape index (κ3) is 4.53. The van der Waals surface area contributed by atoms with Crippen molar-refractivity contribution in [1.29, 1.82) is 0 Å². The first kappa shape index (κ1) is 25.9. The number of hydrogen-bond donors (Lipinski definition) is 2. The number of H-pyrrole nitrogens is 1. The Morgan fingerprint density at radius 1 is 1.03 bits per heavy atom. The fourth-order valence-corrected chi connectivity index (χ4v) is 5.49. The summed E-state index contributed by atoms with van der Waals surface area (Å²) in [6, 6.07) is 9.14. The first-order chi connectivity index (χ1) is 18.3. The van der Waals surface area contributed by atoms with Crippen LogP contribution < -0.4 is 5.32 Å². The molecular weight excluding hydrogens is 486 g/mol. The van der Waals surface area contributed by atoms with E-state index in [-0.39, 0.29) is 17.4 Å². The summed E-state index contributed by atoms with van der Waals surface area (Å²) in [5.74, 6) is -2.24. The monoisotopic (exact) mass is 518 g/mol. The van der Waals surface area contributed by atoms with E-state index in [1.165, 1.54) is 12.1 Å². The molecule has 1 aromatic heterocycles. The number of rotatable bonds is 7. The summed E-state index contributed by atoms with van der Waals surface area (Å²) < 4.78 is 28.8. The van der Waals surface area contributed by atoms with Gasteiger partial charge in [0.2, 0.25) is 0 Å². The third-order valence-electron chi connectivity index (χ3n) is 7.66. The Balaban J connectivity index is 1.54. The molecule has 0 atom stereocenters. The van der Waals surface area contributed by atoms with Crippen LogP contribution in [0.3, 0.4) is 0 Å². The number of nitrogens with zero attached hydrogens (tertiary/aromatic N) is 2. The molecule has 2 aliphatic rings. The van der Waals surface area contributed by atoms with Crippen LogP contribution in [0, 0.1) is 18.6 Å². The Hall–Kier alpha value is -3.78. The van der Waals surface area contributed by atoms with Crippen LogP contribution in [-0.2, 0) is 11.2 Å². The number of carbonyl (C=O) groups is 2. The van der Waals surface area contributed by atoms with E-state index in [1.807, 2.05) is 11.8 Å². The largest absolute Gasteiger partial charge is 0.358 e. The Labute approximate surface area is 221 Å². The molecule has 0 saturated carbocycles. The Kier molecular flexibility index (Phi) is 7.17. The van der Waals surface area contributed by atoms with Crippen LogP contribution in [0.2, 0.25) is 0 Å². The molecule has 0 radical (unpaired) electrons. The van der Waals surface area contributed by atoms with E-state index < -0.39 is 11.6 Å². The molecule has 38 heavy (non-hydrogen) atoms. The van der Waals surface area contributed by atoms with E-state index in [0.717, 1.165) is 49.8 Å². The summed E-state index contributed by atoms with van der Waals surface area (Å²) in [6.07, 6.45) is 3.30. The van der Waals surface area contributed by atoms with E-state index in [1.54, 1.807) is 24.3 Å². The molecular formula is C30H32F2N4O2. The molecule has 6 nitrogen and oxygen atoms in total. The number of nitrogens with one attached hydrogen (secondary N) is 2. The lowest BCUT2D eigenvalue weighted by Gasteiger charge is -2.25. The molecule has 2 N–H and O–H groups in total. The number of hydrogen-bond acceptors (Lipinski definition) is 3. The van der Waals surface area contributed by atoms with Gasteiger partial charge in [-0.3, -0.25) is 9.59 Å². The van der Waals surface area contributed by atoms with Crippen molar-refractivity contribution in [1.82, 2.24) is 14.8 Å². The average molecular weight is 519 g/mol. The molecule has 198 valence electrons. The lowest BCUT2D eigenvalue weighted by Crippen LogP contribution is -2.38. The number of aryl methyl sites for hydroxylation is 1. The number of fused-ring (bicyclic) bond motifs is 2. The van der Waals surface area contributed by atoms with Crippen LogP contribution in [0.25, 0.3) is 22.8 Å². The van der Waals surface area contributed by atoms with Crippen molar-refractivity contribution in [2.24, 2.45) is 0 Å². The van der Waals surface area contributed by atoms with Crippen molar-refractivity contribution in [2.45, 2.75) is 33.6 Å². The van der Waals surface area contributed by atoms with Crippen molar-refractivity contribution in [3.63, 3.8) is 0 Å². The van der Waals surface area contributed by atoms with Gasteiger partial charge in [0.1, 0.15) is 0 Å². The van der Waals surface area contributed by atoms with Crippen molar-refractivity contribution >= 4 is 29.2 Å². The molecule has 0 aliphatic carbocycles. The van der Waals surface area contributed by atoms with E-state index in [2.05, 4.69) is 29.0 Å². The molecule has 5 rings (SSSR count). The molecule has 3 aromatic rings. The van der Waals surface area contributed by atoms with Gasteiger partial charge in [-0.15, -0.1) is 0 Å². The minimum atomic E-state index is -0.960. The fourth-order valence-electron chi connectivity index (χ4n) is 5.49. The summed E-state index contributed by atoms with van der Waals surface area (Å²) >= 11 is 0. The fraction of sp³-hybridized carbons (Fsp3) is 0.333. The topological polar surface area (TPSA) is 68.4 Å². The number of anilines is 1. The molecule has 0 unspecified atom stereocenters. The zero-order valence-electron chi connectivity index (χ0n) is 22.0. The first-order valence-electron chi connectivity index (χ1n) is 13.2. The zero-order chi connectivity index (χ0) is 27.0. The number of carbonyl (C=O) groups excluding carboxylic acids is 2. The lowest BCUT2D eigenvalue weighted by molar-refractivity contribution is -0.110. The van der Waals surface area contributed by atoms with Gasteiger partial charge < -0.3 is 20.1 Å². The summed E-state index contributed by atoms with van der Waals surface area (Å²) in [6.45, 7) is 10.2. The molecule has 2 amide bonds. The highest BCUT2D eigenvalue weighted by Crippen LogP contribution is 2.42. The van der Waals surface area contributed by atoms with Gasteiger partial charge in [-0.2, -0.15) is 0 Å². The van der Waals surface area contributed by atoms with Crippen LogP contribution in [0.15, 0.2) is 36.4 Å². The maximum absolute atomic E-state index is 14.8. The smallest absolute Gasteiger partial charge is 0.256 e. The van der Waals surface area contributed by atoms with Crippen molar-refractivity contribution < 1.29 is 18.4 Å². The molecule has 8 heteroatoms. The number of aromatic amines is 1. The highest BCUT2D eigenvalue weighted by Gasteiger charge is 2.31. The average Bonchev–Trinajstić information content (AvgIpc) is 3.34. The van der Waals surface area contributed by atoms with Gasteiger partial charge in [-0.1, -0.05) is 38.1 Å². The van der Waals surface area contributed by atoms with E-state index in [4.69, 9.17) is 0 Å². The van der Waals surface area contributed by atoms with Gasteiger partial charge in [0, 0.05) is 47.8 Å². The zero-order valence-corrected chi connectivity index (χ0v) is 22.0. The second-order valence-corrected chi connectivity index (χ2v) is 9.78. The molecule has 3 heterocycles. The van der Waals surface area contributed by atoms with Crippen LogP contribution in [0.4, 0.5) is 14.5 Å². The van der Waals surface area contributed by atoms with E-state index >= 15 is 0 Å². The number of amides is 2. The number of halogens is 2. The van der Waals surface area contributed by atoms with Crippen LogP contribution in [0.1, 0.15) is 53.1 Å². The predicted molar refractivity (Wildman–Crippen MR) is 146 cm³/mol. The number of likely N-dealkylation sites (N-methyl/N-ethyl adjacent to an activating group) is 1. The highest BCUT2D eigenvalue weighted by atomic mass is 19.2. The molecule has 2 aromatic carbocycles. The van der Waals surface area contributed by atoms with Crippen molar-refractivity contribution in [3.05, 3.63) is 76.1 Å². The summed E-state index contributed by atoms with van der Waals surface area (Å²) in [4.78, 5) is 34.3. The Bertz CT molecular complexity index is 1440. The maximum atomic E-state index is 14.8. The van der Waals surface area contributed by atoms with E-state index in [9.17, 15) is 18.4 Å². The SMILES string of the molecule is CCN(CC)CCN1CCCc2[nH]c(/C=C3\C(=O)Nc4cccc(-c5cccc(F)c5F)c43)c(C)c2C1=O. The molecule has 0 spiro atoms. The number of aromatic nitrogens is 1. The normalized spacial score (nSPS) is 16.2.